The van der Waals surface area contributed by atoms with Crippen LogP contribution in [0.15, 0.2) is 24.3 Å². The zero-order valence-corrected chi connectivity index (χ0v) is 17.5. The maximum Gasteiger partial charge on any atom is 0.00506 e. The molecule has 0 aromatic rings. The molecule has 1 aliphatic rings. The summed E-state index contributed by atoms with van der Waals surface area (Å²) in [5.41, 5.74) is 5.75. The second-order valence-corrected chi connectivity index (χ2v) is 16.3. The summed E-state index contributed by atoms with van der Waals surface area (Å²) in [6, 6.07) is 0. The molecule has 18 heavy (non-hydrogen) atoms. The van der Waals surface area contributed by atoms with Crippen LogP contribution in [0, 0.1) is 24.4 Å². The molecule has 5 heteroatoms. The average Bonchev–Trinajstić information content (AvgIpc) is 2.56. The molecule has 1 radical (unpaired) electrons. The van der Waals surface area contributed by atoms with Gasteiger partial charge in [-0.15, -0.1) is 16.1 Å². The summed E-state index contributed by atoms with van der Waals surface area (Å²) < 4.78 is 0. The summed E-state index contributed by atoms with van der Waals surface area (Å²) in [6.45, 7) is 21.1. The first-order chi connectivity index (χ1) is 7.50. The molecule has 2 nitrogen and oxygen atoms in total. The number of rotatable bonds is 0. The van der Waals surface area contributed by atoms with Crippen molar-refractivity contribution in [3.05, 3.63) is 54.3 Å². The van der Waals surface area contributed by atoms with Crippen LogP contribution in [-0.4, -0.2) is 16.1 Å². The van der Waals surface area contributed by atoms with E-state index in [2.05, 4.69) is 52.4 Å². The zero-order chi connectivity index (χ0) is 14.5. The standard InChI is InChI=1S/C5H5.2C4H11Si.NO.W/c1-2-4-5-3-1;2*1-5(2,3)4;1-2;/h1-5H;2*1H2,2-4H3;;/q;3*-1;. The van der Waals surface area contributed by atoms with Crippen molar-refractivity contribution in [2.45, 2.75) is 39.3 Å². The van der Waals surface area contributed by atoms with E-state index in [1.54, 1.807) is 0 Å². The Kier molecular flexibility index (Phi) is 22.6. The summed E-state index contributed by atoms with van der Waals surface area (Å²) in [7, 11) is -1.72. The van der Waals surface area contributed by atoms with E-state index < -0.39 is 16.1 Å². The Balaban J connectivity index is -0.0000000744. The Morgan fingerprint density at radius 2 is 0.889 bits per heavy atom. The molecule has 1 aliphatic carbocycles. The third-order valence-corrected chi connectivity index (χ3v) is 0.556. The van der Waals surface area contributed by atoms with Gasteiger partial charge in [0.15, 0.2) is 0 Å². The number of hydrogen-bond donors (Lipinski definition) is 0. The molecular weight excluding hydrogens is 426 g/mol. The van der Waals surface area contributed by atoms with Crippen molar-refractivity contribution in [2.24, 2.45) is 0 Å². The van der Waals surface area contributed by atoms with Crippen molar-refractivity contribution in [3.8, 4) is 0 Å². The van der Waals surface area contributed by atoms with Gasteiger partial charge in [0.2, 0.25) is 0 Å². The van der Waals surface area contributed by atoms with Gasteiger partial charge < -0.3 is 23.6 Å². The topological polar surface area (TPSA) is 39.4 Å². The molecule has 0 aliphatic heterocycles. The summed E-state index contributed by atoms with van der Waals surface area (Å²) in [5, 5.41) is 0. The molecule has 107 valence electrons. The van der Waals surface area contributed by atoms with Crippen LogP contribution in [0.4, 0.5) is 0 Å². The number of nitrogens with zero attached hydrogens (tertiary/aromatic N) is 1. The Morgan fingerprint density at radius 1 is 0.722 bits per heavy atom. The van der Waals surface area contributed by atoms with Gasteiger partial charge >= 0.3 is 0 Å². The first-order valence-corrected chi connectivity index (χ1v) is 13.0. The molecule has 0 amide bonds. The first kappa shape index (κ1) is 26.7. The second kappa shape index (κ2) is 15.3. The van der Waals surface area contributed by atoms with Gasteiger partial charge in [-0.3, -0.25) is 0 Å². The van der Waals surface area contributed by atoms with Crippen molar-refractivity contribution in [1.29, 1.82) is 0 Å². The third-order valence-electron chi connectivity index (χ3n) is 0.556. The Hall–Kier alpha value is 0.202. The molecule has 0 saturated carbocycles. The predicted molar refractivity (Wildman–Crippen MR) is 86.7 cm³/mol. The minimum atomic E-state index is -0.861. The third kappa shape index (κ3) is 138. The van der Waals surface area contributed by atoms with Crippen LogP contribution in [0.5, 0.6) is 0 Å². The Morgan fingerprint density at radius 3 is 0.944 bits per heavy atom. The Bertz CT molecular complexity index is 184. The van der Waals surface area contributed by atoms with Crippen molar-refractivity contribution in [3.63, 3.8) is 0 Å². The molecule has 0 aromatic carbocycles. The number of nitroso groups, excluding NO2 is 1. The molecule has 0 saturated heterocycles. The van der Waals surface area contributed by atoms with Gasteiger partial charge in [0.25, 0.3) is 0 Å². The minimum Gasteiger partial charge on any atom is -0.577 e. The van der Waals surface area contributed by atoms with Crippen LogP contribution >= 0.6 is 0 Å². The van der Waals surface area contributed by atoms with Crippen LogP contribution in [0.25, 0.3) is 5.59 Å². The molecule has 0 unspecified atom stereocenters. The fourth-order valence-corrected chi connectivity index (χ4v) is 0.321. The van der Waals surface area contributed by atoms with Crippen molar-refractivity contribution >= 4 is 16.1 Å². The fraction of sp³-hybridized carbons (Fsp3) is 0.462. The fourth-order valence-electron chi connectivity index (χ4n) is 0.321. The van der Waals surface area contributed by atoms with Crippen LogP contribution in [-0.2, 0) is 21.1 Å². The molecular formula is C13H27NOSi2W-3. The van der Waals surface area contributed by atoms with Crippen LogP contribution < -0.4 is 0 Å². The van der Waals surface area contributed by atoms with E-state index in [1.807, 2.05) is 30.7 Å². The molecule has 0 atom stereocenters. The summed E-state index contributed by atoms with van der Waals surface area (Å²) in [4.78, 5) is 7.25. The molecule has 0 heterocycles. The van der Waals surface area contributed by atoms with E-state index in [1.165, 1.54) is 0 Å². The maximum atomic E-state index is 7.25. The van der Waals surface area contributed by atoms with E-state index in [-0.39, 0.29) is 21.1 Å². The monoisotopic (exact) mass is 453 g/mol. The van der Waals surface area contributed by atoms with Crippen molar-refractivity contribution < 1.29 is 21.1 Å². The van der Waals surface area contributed by atoms with Gasteiger partial charge in [0, 0.05) is 27.5 Å². The molecule has 0 fully saturated rings. The SMILES string of the molecule is [CH2-][Si](C)(C)C.[CH2-][Si](C)(C)C.[CH]1C=CC=C1.[N-]=O.[W]. The molecule has 1 rings (SSSR count). The van der Waals surface area contributed by atoms with Gasteiger partial charge in [-0.05, 0) is 0 Å². The van der Waals surface area contributed by atoms with E-state index >= 15 is 0 Å². The van der Waals surface area contributed by atoms with Crippen LogP contribution in [0.1, 0.15) is 0 Å². The quantitative estimate of drug-likeness (QED) is 0.375. The molecule has 0 aromatic heterocycles. The van der Waals surface area contributed by atoms with E-state index in [4.69, 9.17) is 10.5 Å². The van der Waals surface area contributed by atoms with E-state index in [0.29, 0.717) is 0 Å². The minimum absolute atomic E-state index is 0. The maximum absolute atomic E-state index is 7.25. The zero-order valence-electron chi connectivity index (χ0n) is 12.6. The Labute approximate surface area is 130 Å². The number of allylic oxidation sites excluding steroid dienone is 4. The first-order valence-electron chi connectivity index (χ1n) is 5.56. The molecule has 0 N–H and O–H groups in total. The summed E-state index contributed by atoms with van der Waals surface area (Å²) in [5.74, 6) is 0. The van der Waals surface area contributed by atoms with Crippen LogP contribution in [0.2, 0.25) is 39.3 Å². The van der Waals surface area contributed by atoms with Gasteiger partial charge in [-0.1, -0.05) is 63.6 Å². The van der Waals surface area contributed by atoms with Gasteiger partial charge in [-0.25, -0.2) is 0 Å². The summed E-state index contributed by atoms with van der Waals surface area (Å²) in [6.07, 6.45) is 10.0. The van der Waals surface area contributed by atoms with Crippen molar-refractivity contribution in [2.75, 3.05) is 0 Å². The second-order valence-electron chi connectivity index (χ2n) is 6.08. The molecule has 0 spiro atoms. The summed E-state index contributed by atoms with van der Waals surface area (Å²) >= 11 is 0. The van der Waals surface area contributed by atoms with Gasteiger partial charge in [0.1, 0.15) is 0 Å². The van der Waals surface area contributed by atoms with Gasteiger partial charge in [-0.2, -0.15) is 0 Å². The normalized spacial score (nSPS) is 11.8. The smallest absolute Gasteiger partial charge is 0.00506 e. The van der Waals surface area contributed by atoms with Gasteiger partial charge in [0.05, 0.1) is 0 Å². The average molecular weight is 453 g/mol. The predicted octanol–water partition coefficient (Wildman–Crippen LogP) is 5.03. The molecule has 0 bridgehead atoms. The largest absolute Gasteiger partial charge is 0.577 e. The van der Waals surface area contributed by atoms with Crippen LogP contribution in [0.3, 0.4) is 0 Å². The van der Waals surface area contributed by atoms with E-state index in [9.17, 15) is 0 Å². The number of hydrogen-bond acceptors (Lipinski definition) is 1. The van der Waals surface area contributed by atoms with E-state index in [0.717, 1.165) is 0 Å². The van der Waals surface area contributed by atoms with Crippen molar-refractivity contribution in [1.82, 2.24) is 0 Å².